The monoisotopic (exact) mass is 254 g/mol. The highest BCUT2D eigenvalue weighted by Gasteiger charge is 2.44. The molecule has 1 saturated heterocycles. The zero-order valence-electron chi connectivity index (χ0n) is 9.50. The summed E-state index contributed by atoms with van der Waals surface area (Å²) < 4.78 is 4.03. The first-order valence-corrected chi connectivity index (χ1v) is 5.70. The third-order valence-corrected chi connectivity index (χ3v) is 3.02. The van der Waals surface area contributed by atoms with E-state index in [9.17, 15) is 14.4 Å². The van der Waals surface area contributed by atoms with Crippen molar-refractivity contribution in [3.05, 3.63) is 5.82 Å². The molecular weight excluding hydrogens is 244 g/mol. The summed E-state index contributed by atoms with van der Waals surface area (Å²) in [4.78, 5) is 40.1. The van der Waals surface area contributed by atoms with Crippen molar-refractivity contribution in [1.82, 2.24) is 14.3 Å². The van der Waals surface area contributed by atoms with Gasteiger partial charge < -0.3 is 0 Å². The lowest BCUT2D eigenvalue weighted by Gasteiger charge is -2.07. The molecule has 4 amide bonds. The van der Waals surface area contributed by atoms with Crippen molar-refractivity contribution in [2.24, 2.45) is 0 Å². The van der Waals surface area contributed by atoms with E-state index in [4.69, 9.17) is 0 Å². The van der Waals surface area contributed by atoms with Gasteiger partial charge in [0.1, 0.15) is 5.82 Å². The van der Waals surface area contributed by atoms with Crippen molar-refractivity contribution in [2.75, 3.05) is 11.9 Å². The number of carbonyl (C=O) groups is 3. The van der Waals surface area contributed by atoms with Crippen LogP contribution in [0.2, 0.25) is 0 Å². The SMILES string of the molecule is CC(C)c1nsc(N2C(=O)C(=O)N(C)C2=O)n1. The second kappa shape index (κ2) is 3.88. The predicted molar refractivity (Wildman–Crippen MR) is 59.7 cm³/mol. The van der Waals surface area contributed by atoms with Crippen LogP contribution in [0.4, 0.5) is 9.93 Å². The van der Waals surface area contributed by atoms with Gasteiger partial charge in [0, 0.05) is 24.5 Å². The van der Waals surface area contributed by atoms with E-state index >= 15 is 0 Å². The van der Waals surface area contributed by atoms with Crippen molar-refractivity contribution in [3.63, 3.8) is 0 Å². The fourth-order valence-corrected chi connectivity index (χ4v) is 2.09. The number of aromatic nitrogens is 2. The number of nitrogens with zero attached hydrogens (tertiary/aromatic N) is 4. The lowest BCUT2D eigenvalue weighted by atomic mass is 10.2. The molecule has 0 aliphatic carbocycles. The van der Waals surface area contributed by atoms with Gasteiger partial charge in [-0.1, -0.05) is 13.8 Å². The molecule has 7 nitrogen and oxygen atoms in total. The highest BCUT2D eigenvalue weighted by Crippen LogP contribution is 2.25. The Morgan fingerprint density at radius 2 is 1.82 bits per heavy atom. The Morgan fingerprint density at radius 3 is 2.24 bits per heavy atom. The quantitative estimate of drug-likeness (QED) is 0.569. The van der Waals surface area contributed by atoms with Gasteiger partial charge in [-0.25, -0.2) is 9.78 Å². The van der Waals surface area contributed by atoms with E-state index in [1.54, 1.807) is 0 Å². The molecule has 0 unspecified atom stereocenters. The zero-order valence-corrected chi connectivity index (χ0v) is 10.3. The Kier molecular flexibility index (Phi) is 2.66. The van der Waals surface area contributed by atoms with Gasteiger partial charge in [-0.3, -0.25) is 14.5 Å². The van der Waals surface area contributed by atoms with Crippen LogP contribution in [0.5, 0.6) is 0 Å². The largest absolute Gasteiger partial charge is 0.340 e. The molecule has 2 rings (SSSR count). The van der Waals surface area contributed by atoms with Crippen LogP contribution in [-0.2, 0) is 9.59 Å². The summed E-state index contributed by atoms with van der Waals surface area (Å²) >= 11 is 0.931. The molecule has 1 aliphatic heterocycles. The fourth-order valence-electron chi connectivity index (χ4n) is 1.28. The summed E-state index contributed by atoms with van der Waals surface area (Å²) in [5, 5.41) is 0.140. The Hall–Kier alpha value is -1.83. The molecule has 0 saturated carbocycles. The van der Waals surface area contributed by atoms with E-state index in [0.29, 0.717) is 5.82 Å². The highest BCUT2D eigenvalue weighted by atomic mass is 32.1. The number of anilines is 1. The maximum Gasteiger partial charge on any atom is 0.340 e. The molecule has 2 heterocycles. The molecule has 1 fully saturated rings. The maximum absolute atomic E-state index is 11.7. The lowest BCUT2D eigenvalue weighted by molar-refractivity contribution is -0.138. The van der Waals surface area contributed by atoms with Crippen molar-refractivity contribution >= 4 is 34.5 Å². The first-order valence-electron chi connectivity index (χ1n) is 4.93. The molecular formula is C9H10N4O3S. The number of rotatable bonds is 2. The third kappa shape index (κ3) is 1.70. The third-order valence-electron chi connectivity index (χ3n) is 2.31. The molecule has 0 bridgehead atoms. The number of likely N-dealkylation sites (N-methyl/N-ethyl adjacent to an activating group) is 1. The van der Waals surface area contributed by atoms with Gasteiger partial charge in [0.05, 0.1) is 0 Å². The molecule has 0 N–H and O–H groups in total. The molecule has 1 aliphatic rings. The predicted octanol–water partition coefficient (Wildman–Crippen LogP) is 0.587. The van der Waals surface area contributed by atoms with E-state index in [0.717, 1.165) is 21.3 Å². The number of hydrogen-bond donors (Lipinski definition) is 0. The summed E-state index contributed by atoms with van der Waals surface area (Å²) in [6, 6.07) is -0.688. The second-order valence-electron chi connectivity index (χ2n) is 3.88. The van der Waals surface area contributed by atoms with Gasteiger partial charge in [0.25, 0.3) is 0 Å². The van der Waals surface area contributed by atoms with Gasteiger partial charge in [-0.05, 0) is 0 Å². The molecule has 0 atom stereocenters. The number of amides is 4. The molecule has 17 heavy (non-hydrogen) atoms. The summed E-state index contributed by atoms with van der Waals surface area (Å²) in [5.41, 5.74) is 0. The average Bonchev–Trinajstić information content (AvgIpc) is 2.81. The van der Waals surface area contributed by atoms with Gasteiger partial charge in [-0.15, -0.1) is 0 Å². The minimum atomic E-state index is -0.885. The van der Waals surface area contributed by atoms with Crippen molar-refractivity contribution in [2.45, 2.75) is 19.8 Å². The van der Waals surface area contributed by atoms with E-state index in [1.807, 2.05) is 13.8 Å². The summed E-state index contributed by atoms with van der Waals surface area (Å²) in [5.74, 6) is -1.09. The van der Waals surface area contributed by atoms with Gasteiger partial charge in [-0.2, -0.15) is 9.27 Å². The van der Waals surface area contributed by atoms with Crippen molar-refractivity contribution < 1.29 is 14.4 Å². The number of imide groups is 2. The molecule has 0 spiro atoms. The first kappa shape index (κ1) is 11.6. The van der Waals surface area contributed by atoms with Gasteiger partial charge >= 0.3 is 17.8 Å². The number of urea groups is 1. The molecule has 1 aromatic rings. The summed E-state index contributed by atoms with van der Waals surface area (Å²) in [6.07, 6.45) is 0. The van der Waals surface area contributed by atoms with Crippen LogP contribution in [0.3, 0.4) is 0 Å². The topological polar surface area (TPSA) is 83.5 Å². The van der Waals surface area contributed by atoms with Crippen LogP contribution in [0.1, 0.15) is 25.6 Å². The van der Waals surface area contributed by atoms with E-state index in [2.05, 4.69) is 9.36 Å². The van der Waals surface area contributed by atoms with Crippen LogP contribution >= 0.6 is 11.5 Å². The van der Waals surface area contributed by atoms with Crippen LogP contribution in [0.15, 0.2) is 0 Å². The van der Waals surface area contributed by atoms with Crippen molar-refractivity contribution in [1.29, 1.82) is 0 Å². The molecule has 8 heteroatoms. The number of carbonyl (C=O) groups excluding carboxylic acids is 3. The Bertz CT molecular complexity index is 510. The van der Waals surface area contributed by atoms with E-state index in [-0.39, 0.29) is 11.0 Å². The average molecular weight is 254 g/mol. The Morgan fingerprint density at radius 1 is 1.18 bits per heavy atom. The second-order valence-corrected chi connectivity index (χ2v) is 4.61. The van der Waals surface area contributed by atoms with Crippen LogP contribution in [0.25, 0.3) is 0 Å². The fraction of sp³-hybridized carbons (Fsp3) is 0.444. The summed E-state index contributed by atoms with van der Waals surface area (Å²) in [7, 11) is 1.26. The van der Waals surface area contributed by atoms with Gasteiger partial charge in [0.15, 0.2) is 0 Å². The normalized spacial score (nSPS) is 16.6. The van der Waals surface area contributed by atoms with Gasteiger partial charge in [0.2, 0.25) is 5.13 Å². The Labute approximate surface area is 101 Å². The molecule has 0 radical (unpaired) electrons. The first-order chi connectivity index (χ1) is 7.93. The minimum Gasteiger partial charge on any atom is -0.263 e. The summed E-state index contributed by atoms with van der Waals surface area (Å²) in [6.45, 7) is 3.80. The minimum absolute atomic E-state index is 0.0984. The lowest BCUT2D eigenvalue weighted by Crippen LogP contribution is -2.31. The molecule has 0 aromatic carbocycles. The zero-order chi connectivity index (χ0) is 12.7. The Balaban J connectivity index is 2.37. The smallest absolute Gasteiger partial charge is 0.263 e. The van der Waals surface area contributed by atoms with E-state index in [1.165, 1.54) is 7.05 Å². The maximum atomic E-state index is 11.7. The highest BCUT2D eigenvalue weighted by molar-refractivity contribution is 7.10. The van der Waals surface area contributed by atoms with Crippen LogP contribution in [0, 0.1) is 0 Å². The number of hydrogen-bond acceptors (Lipinski definition) is 6. The standard InChI is InChI=1S/C9H10N4O3S/c1-4(2)5-10-8(17-11-5)13-7(15)6(14)12(3)9(13)16/h4H,1-3H3. The van der Waals surface area contributed by atoms with Crippen molar-refractivity contribution in [3.8, 4) is 0 Å². The molecule has 1 aromatic heterocycles. The van der Waals surface area contributed by atoms with Crippen LogP contribution in [-0.4, -0.2) is 39.2 Å². The van der Waals surface area contributed by atoms with Crippen LogP contribution < -0.4 is 4.90 Å². The van der Waals surface area contributed by atoms with E-state index < -0.39 is 17.8 Å². The molecule has 90 valence electrons.